The summed E-state index contributed by atoms with van der Waals surface area (Å²) in [6.07, 6.45) is 1.39. The van der Waals surface area contributed by atoms with Crippen LogP contribution in [0.4, 0.5) is 5.95 Å². The summed E-state index contributed by atoms with van der Waals surface area (Å²) in [7, 11) is 0. The summed E-state index contributed by atoms with van der Waals surface area (Å²) in [5.41, 5.74) is 5.81. The van der Waals surface area contributed by atoms with Crippen molar-refractivity contribution in [1.82, 2.24) is 19.7 Å². The first kappa shape index (κ1) is 13.4. The maximum atomic E-state index is 12.0. The molecule has 3 aromatic rings. The number of aromatic amines is 1. The molecule has 3 aromatic heterocycles. The Bertz CT molecular complexity index is 736. The van der Waals surface area contributed by atoms with Gasteiger partial charge in [-0.25, -0.2) is 4.98 Å². The van der Waals surface area contributed by atoms with Crippen LogP contribution in [0.2, 0.25) is 0 Å². The monoisotopic (exact) mass is 299 g/mol. The zero-order chi connectivity index (χ0) is 12.5. The van der Waals surface area contributed by atoms with Crippen molar-refractivity contribution < 1.29 is 4.84 Å². The van der Waals surface area contributed by atoms with Crippen LogP contribution in [-0.2, 0) is 6.61 Å². The number of nitrogens with two attached hydrogens (primary N) is 1. The summed E-state index contributed by atoms with van der Waals surface area (Å²) < 4.78 is 0.961. The smallest absolute Gasteiger partial charge is 0.316 e. The fourth-order valence-corrected chi connectivity index (χ4v) is 2.15. The van der Waals surface area contributed by atoms with Crippen LogP contribution < -0.4 is 16.1 Å². The molecule has 3 N–H and O–H groups in total. The normalized spacial score (nSPS) is 10.3. The molecule has 0 aromatic carbocycles. The Labute approximate surface area is 117 Å². The van der Waals surface area contributed by atoms with E-state index in [0.717, 1.165) is 9.61 Å². The molecule has 0 aliphatic rings. The second kappa shape index (κ2) is 5.29. The van der Waals surface area contributed by atoms with E-state index in [1.165, 1.54) is 17.7 Å². The molecule has 19 heavy (non-hydrogen) atoms. The van der Waals surface area contributed by atoms with Crippen LogP contribution in [0.1, 0.15) is 4.88 Å². The van der Waals surface area contributed by atoms with Crippen LogP contribution in [0.3, 0.4) is 0 Å². The molecule has 3 heterocycles. The predicted octanol–water partition coefficient (Wildman–Crippen LogP) is 0.814. The van der Waals surface area contributed by atoms with Gasteiger partial charge >= 0.3 is 5.56 Å². The van der Waals surface area contributed by atoms with Gasteiger partial charge in [0.25, 0.3) is 0 Å². The van der Waals surface area contributed by atoms with Gasteiger partial charge in [0.2, 0.25) is 5.95 Å². The van der Waals surface area contributed by atoms with Crippen LogP contribution in [-0.4, -0.2) is 19.7 Å². The number of rotatable bonds is 3. The highest BCUT2D eigenvalue weighted by Crippen LogP contribution is 2.09. The van der Waals surface area contributed by atoms with Crippen molar-refractivity contribution in [2.45, 2.75) is 6.61 Å². The van der Waals surface area contributed by atoms with Gasteiger partial charge in [0.15, 0.2) is 11.2 Å². The predicted molar refractivity (Wildman–Crippen MR) is 74.4 cm³/mol. The van der Waals surface area contributed by atoms with E-state index in [1.807, 2.05) is 17.5 Å². The minimum absolute atomic E-state index is 0. The number of nitrogens with one attached hydrogen (secondary N) is 1. The van der Waals surface area contributed by atoms with Crippen LogP contribution in [0, 0.1) is 0 Å². The lowest BCUT2D eigenvalue weighted by Crippen LogP contribution is -2.30. The van der Waals surface area contributed by atoms with Crippen molar-refractivity contribution in [3.8, 4) is 0 Å². The largest absolute Gasteiger partial charge is 0.402 e. The quantitative estimate of drug-likeness (QED) is 0.746. The number of nitrogens with zero attached hydrogens (tertiary/aromatic N) is 3. The van der Waals surface area contributed by atoms with Gasteiger partial charge in [-0.2, -0.15) is 4.98 Å². The molecule has 0 bridgehead atoms. The lowest BCUT2D eigenvalue weighted by atomic mass is 10.5. The van der Waals surface area contributed by atoms with Gasteiger partial charge in [-0.1, -0.05) is 6.07 Å². The maximum Gasteiger partial charge on any atom is 0.316 e. The molecule has 7 nitrogen and oxygen atoms in total. The molecule has 0 spiro atoms. The van der Waals surface area contributed by atoms with Crippen molar-refractivity contribution >= 4 is 40.9 Å². The fraction of sp³-hybridized carbons (Fsp3) is 0.100. The van der Waals surface area contributed by atoms with Gasteiger partial charge in [0.1, 0.15) is 6.61 Å². The average Bonchev–Trinajstić information content (AvgIpc) is 2.98. The van der Waals surface area contributed by atoms with Crippen molar-refractivity contribution in [2.24, 2.45) is 0 Å². The molecule has 0 saturated carbocycles. The van der Waals surface area contributed by atoms with Gasteiger partial charge in [0.05, 0.1) is 6.33 Å². The first-order valence-electron chi connectivity index (χ1n) is 5.13. The van der Waals surface area contributed by atoms with Crippen molar-refractivity contribution in [3.05, 3.63) is 39.1 Å². The molecule has 0 saturated heterocycles. The molecular weight excluding hydrogens is 290 g/mol. The summed E-state index contributed by atoms with van der Waals surface area (Å²) in [6.45, 7) is 0.263. The summed E-state index contributed by atoms with van der Waals surface area (Å²) >= 11 is 1.54. The highest BCUT2D eigenvalue weighted by Gasteiger charge is 2.11. The van der Waals surface area contributed by atoms with E-state index in [9.17, 15) is 4.79 Å². The molecule has 0 amide bonds. The van der Waals surface area contributed by atoms with E-state index >= 15 is 0 Å². The zero-order valence-corrected chi connectivity index (χ0v) is 11.2. The van der Waals surface area contributed by atoms with E-state index in [0.29, 0.717) is 5.65 Å². The van der Waals surface area contributed by atoms with E-state index in [4.69, 9.17) is 10.6 Å². The zero-order valence-electron chi connectivity index (χ0n) is 9.57. The number of nitrogen functional groups attached to an aromatic ring is 1. The molecule has 0 unspecified atom stereocenters. The van der Waals surface area contributed by atoms with Crippen molar-refractivity contribution in [1.29, 1.82) is 0 Å². The Morgan fingerprint density at radius 2 is 2.37 bits per heavy atom. The molecule has 0 fully saturated rings. The lowest BCUT2D eigenvalue weighted by Gasteiger charge is -2.08. The number of hydrogen-bond acceptors (Lipinski definition) is 6. The third-order valence-electron chi connectivity index (χ3n) is 2.36. The highest BCUT2D eigenvalue weighted by atomic mass is 35.5. The van der Waals surface area contributed by atoms with Crippen molar-refractivity contribution in [3.63, 3.8) is 0 Å². The maximum absolute atomic E-state index is 12.0. The topological polar surface area (TPSA) is 98.8 Å². The second-order valence-electron chi connectivity index (χ2n) is 3.52. The van der Waals surface area contributed by atoms with E-state index < -0.39 is 5.56 Å². The summed E-state index contributed by atoms with van der Waals surface area (Å²) in [6, 6.07) is 3.82. The van der Waals surface area contributed by atoms with E-state index in [-0.39, 0.29) is 30.5 Å². The Kier molecular flexibility index (Phi) is 3.72. The Morgan fingerprint density at radius 3 is 3.11 bits per heavy atom. The summed E-state index contributed by atoms with van der Waals surface area (Å²) in [5.74, 6) is -0.00620. The number of thiophene rings is 1. The van der Waals surface area contributed by atoms with Crippen LogP contribution in [0.25, 0.3) is 11.2 Å². The molecule has 0 aliphatic carbocycles. The third-order valence-corrected chi connectivity index (χ3v) is 3.21. The Balaban J connectivity index is 0.00000133. The summed E-state index contributed by atoms with van der Waals surface area (Å²) in [5, 5.41) is 1.93. The molecule has 0 radical (unpaired) electrons. The third kappa shape index (κ3) is 2.40. The minimum Gasteiger partial charge on any atom is -0.402 e. The lowest BCUT2D eigenvalue weighted by molar-refractivity contribution is 0.0950. The average molecular weight is 300 g/mol. The Hall–Kier alpha value is -2.06. The van der Waals surface area contributed by atoms with Crippen LogP contribution >= 0.6 is 23.7 Å². The highest BCUT2D eigenvalue weighted by molar-refractivity contribution is 7.09. The summed E-state index contributed by atoms with van der Waals surface area (Å²) in [4.78, 5) is 29.0. The molecule has 100 valence electrons. The van der Waals surface area contributed by atoms with Gasteiger partial charge in [-0.15, -0.1) is 28.5 Å². The molecule has 0 aliphatic heterocycles. The number of fused-ring (bicyclic) bond motifs is 1. The standard InChI is InChI=1S/C10H9N5O2S.ClH/c11-10-14-8-7(12-5-13-8)9(16)15(10)17-4-6-2-1-3-18-6;/h1-3,5H,4H2,(H2,11,14)(H,12,13);1H. The van der Waals surface area contributed by atoms with E-state index in [1.54, 1.807) is 0 Å². The number of imidazole rings is 1. The number of halogens is 1. The van der Waals surface area contributed by atoms with Gasteiger partial charge in [-0.3, -0.25) is 4.79 Å². The fourth-order valence-electron chi connectivity index (χ4n) is 1.54. The van der Waals surface area contributed by atoms with E-state index in [2.05, 4.69) is 15.0 Å². The van der Waals surface area contributed by atoms with Crippen LogP contribution in [0.5, 0.6) is 0 Å². The van der Waals surface area contributed by atoms with Gasteiger partial charge < -0.3 is 15.6 Å². The molecule has 0 atom stereocenters. The minimum atomic E-state index is -0.421. The SMILES string of the molecule is Cl.Nc1nc2[nH]cnc2c(=O)n1OCc1cccs1. The molecule has 9 heteroatoms. The first-order valence-corrected chi connectivity index (χ1v) is 6.01. The number of aromatic nitrogens is 4. The van der Waals surface area contributed by atoms with Gasteiger partial charge in [-0.05, 0) is 11.4 Å². The second-order valence-corrected chi connectivity index (χ2v) is 4.55. The molecular formula is C10H10ClN5O2S. The molecule has 3 rings (SSSR count). The number of hydrogen-bond donors (Lipinski definition) is 2. The van der Waals surface area contributed by atoms with Crippen LogP contribution in [0.15, 0.2) is 28.6 Å². The van der Waals surface area contributed by atoms with Gasteiger partial charge in [0, 0.05) is 4.88 Å². The number of anilines is 1. The number of H-pyrrole nitrogens is 1. The van der Waals surface area contributed by atoms with Crippen molar-refractivity contribution in [2.75, 3.05) is 5.73 Å². The Morgan fingerprint density at radius 1 is 1.53 bits per heavy atom. The first-order chi connectivity index (χ1) is 8.75.